The maximum atomic E-state index is 12.6. The van der Waals surface area contributed by atoms with Crippen LogP contribution in [0.25, 0.3) is 0 Å². The van der Waals surface area contributed by atoms with Crippen LogP contribution in [-0.4, -0.2) is 62.3 Å². The van der Waals surface area contributed by atoms with Crippen molar-refractivity contribution < 1.29 is 23.8 Å². The Kier molecular flexibility index (Phi) is 5.31. The second-order valence-corrected chi connectivity index (χ2v) is 6.33. The van der Waals surface area contributed by atoms with E-state index >= 15 is 0 Å². The Labute approximate surface area is 147 Å². The molecule has 1 aromatic rings. The summed E-state index contributed by atoms with van der Waals surface area (Å²) in [6.45, 7) is 1.98. The molecule has 1 atom stereocenters. The first-order valence-electron chi connectivity index (χ1n) is 8.58. The summed E-state index contributed by atoms with van der Waals surface area (Å²) in [4.78, 5) is 27.2. The minimum Gasteiger partial charge on any atom is -0.490 e. The van der Waals surface area contributed by atoms with Crippen LogP contribution in [0, 0.1) is 0 Å². The van der Waals surface area contributed by atoms with Crippen molar-refractivity contribution in [3.63, 3.8) is 0 Å². The van der Waals surface area contributed by atoms with E-state index in [2.05, 4.69) is 4.74 Å². The maximum Gasteiger partial charge on any atom is 0.409 e. The zero-order chi connectivity index (χ0) is 17.8. The zero-order valence-corrected chi connectivity index (χ0v) is 14.7. The number of amides is 2. The van der Waals surface area contributed by atoms with Gasteiger partial charge in [0.2, 0.25) is 5.91 Å². The SMILES string of the molecule is COC(=O)N(C)CC(=O)N1CCCC1c1ccc2c(c1)OCCCO2. The Morgan fingerprint density at radius 3 is 2.76 bits per heavy atom. The minimum absolute atomic E-state index is 0.00398. The molecule has 1 aromatic carbocycles. The van der Waals surface area contributed by atoms with Gasteiger partial charge in [-0.3, -0.25) is 4.79 Å². The van der Waals surface area contributed by atoms with E-state index in [0.717, 1.165) is 36.3 Å². The summed E-state index contributed by atoms with van der Waals surface area (Å²) in [7, 11) is 2.86. The van der Waals surface area contributed by atoms with Crippen molar-refractivity contribution in [1.29, 1.82) is 0 Å². The second kappa shape index (κ2) is 7.63. The van der Waals surface area contributed by atoms with Gasteiger partial charge in [0.05, 0.1) is 26.4 Å². The zero-order valence-electron chi connectivity index (χ0n) is 14.7. The fourth-order valence-corrected chi connectivity index (χ4v) is 3.31. The molecule has 0 N–H and O–H groups in total. The summed E-state index contributed by atoms with van der Waals surface area (Å²) >= 11 is 0. The van der Waals surface area contributed by atoms with E-state index in [1.807, 2.05) is 23.1 Å². The molecule has 2 aliphatic heterocycles. The summed E-state index contributed by atoms with van der Waals surface area (Å²) in [6, 6.07) is 5.88. The molecule has 136 valence electrons. The van der Waals surface area contributed by atoms with Crippen molar-refractivity contribution in [1.82, 2.24) is 9.80 Å². The van der Waals surface area contributed by atoms with Gasteiger partial charge in [-0.25, -0.2) is 4.79 Å². The lowest BCUT2D eigenvalue weighted by Crippen LogP contribution is -2.40. The number of hydrogen-bond acceptors (Lipinski definition) is 5. The summed E-state index contributed by atoms with van der Waals surface area (Å²) < 4.78 is 16.1. The fraction of sp³-hybridized carbons (Fsp3) is 0.556. The van der Waals surface area contributed by atoms with Gasteiger partial charge in [0, 0.05) is 20.0 Å². The van der Waals surface area contributed by atoms with Gasteiger partial charge in [0.1, 0.15) is 6.54 Å². The summed E-state index contributed by atoms with van der Waals surface area (Å²) in [5.41, 5.74) is 1.04. The Morgan fingerprint density at radius 2 is 2.00 bits per heavy atom. The smallest absolute Gasteiger partial charge is 0.409 e. The number of methoxy groups -OCH3 is 1. The normalized spacial score (nSPS) is 19.3. The third kappa shape index (κ3) is 3.81. The van der Waals surface area contributed by atoms with Crippen LogP contribution >= 0.6 is 0 Å². The highest BCUT2D eigenvalue weighted by molar-refractivity contribution is 5.82. The van der Waals surface area contributed by atoms with E-state index in [9.17, 15) is 9.59 Å². The summed E-state index contributed by atoms with van der Waals surface area (Å²) in [6.07, 6.45) is 2.18. The van der Waals surface area contributed by atoms with E-state index in [1.165, 1.54) is 12.0 Å². The largest absolute Gasteiger partial charge is 0.490 e. The molecule has 0 aliphatic carbocycles. The molecule has 1 unspecified atom stereocenters. The summed E-state index contributed by atoms with van der Waals surface area (Å²) in [5, 5.41) is 0. The molecular weight excluding hydrogens is 324 g/mol. The Bertz CT molecular complexity index is 648. The molecule has 0 spiro atoms. The number of rotatable bonds is 3. The monoisotopic (exact) mass is 348 g/mol. The molecule has 2 aliphatic rings. The van der Waals surface area contributed by atoms with Crippen molar-refractivity contribution >= 4 is 12.0 Å². The molecule has 0 bridgehead atoms. The minimum atomic E-state index is -0.514. The molecule has 7 heteroatoms. The third-order valence-corrected chi connectivity index (χ3v) is 4.59. The number of carbonyl (C=O) groups is 2. The molecule has 0 aromatic heterocycles. The number of ether oxygens (including phenoxy) is 3. The van der Waals surface area contributed by atoms with Crippen molar-refractivity contribution in [2.75, 3.05) is 40.5 Å². The highest BCUT2D eigenvalue weighted by Gasteiger charge is 2.31. The third-order valence-electron chi connectivity index (χ3n) is 4.59. The van der Waals surface area contributed by atoms with Crippen LogP contribution in [0.5, 0.6) is 11.5 Å². The molecule has 1 fully saturated rings. The van der Waals surface area contributed by atoms with Crippen molar-refractivity contribution in [3.05, 3.63) is 23.8 Å². The lowest BCUT2D eigenvalue weighted by Gasteiger charge is -2.27. The lowest BCUT2D eigenvalue weighted by atomic mass is 10.0. The van der Waals surface area contributed by atoms with Gasteiger partial charge < -0.3 is 24.0 Å². The summed E-state index contributed by atoms with van der Waals surface area (Å²) in [5.74, 6) is 1.41. The first-order valence-corrected chi connectivity index (χ1v) is 8.58. The van der Waals surface area contributed by atoms with E-state index in [1.54, 1.807) is 7.05 Å². The van der Waals surface area contributed by atoms with Crippen LogP contribution < -0.4 is 9.47 Å². The number of benzene rings is 1. The number of fused-ring (bicyclic) bond motifs is 1. The van der Waals surface area contributed by atoms with Crippen LogP contribution in [0.3, 0.4) is 0 Å². The van der Waals surface area contributed by atoms with Crippen LogP contribution in [0.4, 0.5) is 4.79 Å². The highest BCUT2D eigenvalue weighted by atomic mass is 16.5. The Balaban J connectivity index is 1.74. The van der Waals surface area contributed by atoms with Crippen LogP contribution in [0.1, 0.15) is 30.9 Å². The first-order chi connectivity index (χ1) is 12.1. The van der Waals surface area contributed by atoms with Crippen molar-refractivity contribution in [3.8, 4) is 11.5 Å². The molecule has 0 radical (unpaired) electrons. The van der Waals surface area contributed by atoms with Gasteiger partial charge in [-0.15, -0.1) is 0 Å². The Morgan fingerprint density at radius 1 is 1.24 bits per heavy atom. The molecule has 2 heterocycles. The van der Waals surface area contributed by atoms with Gasteiger partial charge in [-0.05, 0) is 30.5 Å². The first kappa shape index (κ1) is 17.4. The van der Waals surface area contributed by atoms with Crippen molar-refractivity contribution in [2.24, 2.45) is 0 Å². The van der Waals surface area contributed by atoms with Crippen molar-refractivity contribution in [2.45, 2.75) is 25.3 Å². The van der Waals surface area contributed by atoms with E-state index in [0.29, 0.717) is 19.8 Å². The molecule has 0 saturated carbocycles. The van der Waals surface area contributed by atoms with Crippen LogP contribution in [-0.2, 0) is 9.53 Å². The van der Waals surface area contributed by atoms with Gasteiger partial charge in [0.25, 0.3) is 0 Å². The molecular formula is C18H24N2O5. The second-order valence-electron chi connectivity index (χ2n) is 6.33. The number of likely N-dealkylation sites (N-methyl/N-ethyl adjacent to an activating group) is 1. The average molecular weight is 348 g/mol. The molecule has 2 amide bonds. The topological polar surface area (TPSA) is 68.3 Å². The van der Waals surface area contributed by atoms with Crippen LogP contribution in [0.2, 0.25) is 0 Å². The molecule has 1 saturated heterocycles. The quantitative estimate of drug-likeness (QED) is 0.838. The van der Waals surface area contributed by atoms with E-state index < -0.39 is 6.09 Å². The van der Waals surface area contributed by atoms with Gasteiger partial charge >= 0.3 is 6.09 Å². The number of likely N-dealkylation sites (tertiary alicyclic amines) is 1. The predicted octanol–water partition coefficient (Wildman–Crippen LogP) is 2.21. The highest BCUT2D eigenvalue weighted by Crippen LogP contribution is 2.37. The van der Waals surface area contributed by atoms with E-state index in [4.69, 9.17) is 9.47 Å². The van der Waals surface area contributed by atoms with E-state index in [-0.39, 0.29) is 18.5 Å². The van der Waals surface area contributed by atoms with Gasteiger partial charge in [0.15, 0.2) is 11.5 Å². The molecule has 25 heavy (non-hydrogen) atoms. The van der Waals surface area contributed by atoms with Gasteiger partial charge in [-0.1, -0.05) is 6.07 Å². The molecule has 3 rings (SSSR count). The lowest BCUT2D eigenvalue weighted by molar-refractivity contribution is -0.132. The standard InChI is InChI=1S/C18H24N2O5/c1-19(18(22)23-2)12-17(21)20-8-3-5-14(20)13-6-7-15-16(11-13)25-10-4-9-24-15/h6-7,11,14H,3-5,8-10,12H2,1-2H3. The predicted molar refractivity (Wildman–Crippen MR) is 90.8 cm³/mol. The molecule has 7 nitrogen and oxygen atoms in total. The average Bonchev–Trinajstić information content (AvgIpc) is 2.99. The van der Waals surface area contributed by atoms with Crippen LogP contribution in [0.15, 0.2) is 18.2 Å². The fourth-order valence-electron chi connectivity index (χ4n) is 3.31. The van der Waals surface area contributed by atoms with Gasteiger partial charge in [-0.2, -0.15) is 0 Å². The number of carbonyl (C=O) groups excluding carboxylic acids is 2. The number of nitrogens with zero attached hydrogens (tertiary/aromatic N) is 2. The number of hydrogen-bond donors (Lipinski definition) is 0. The maximum absolute atomic E-state index is 12.6. The Hall–Kier alpha value is -2.44.